The molecule has 0 aliphatic heterocycles. The van der Waals surface area contributed by atoms with Crippen molar-refractivity contribution in [3.05, 3.63) is 69.7 Å². The molecule has 0 aliphatic carbocycles. The second kappa shape index (κ2) is 11.2. The summed E-state index contributed by atoms with van der Waals surface area (Å²) in [6, 6.07) is 14.1. The van der Waals surface area contributed by atoms with Crippen LogP contribution in [0.2, 0.25) is 10.0 Å². The summed E-state index contributed by atoms with van der Waals surface area (Å²) in [5.74, 6) is -0.275. The minimum Gasteiger partial charge on any atom is -0.352 e. The lowest BCUT2D eigenvalue weighted by Crippen LogP contribution is -2.51. The summed E-state index contributed by atoms with van der Waals surface area (Å²) in [6.45, 7) is 6.21. The number of carbonyl (C=O) groups is 2. The maximum absolute atomic E-state index is 13.3. The Labute approximate surface area is 183 Å². The van der Waals surface area contributed by atoms with Gasteiger partial charge in [-0.25, -0.2) is 0 Å². The molecule has 1 N–H and O–H groups in total. The molecule has 2 amide bonds. The SMILES string of the molecule is CCC(C)NC(=O)C(CC)N(Cc1ccc(Cl)cc1)C(=O)Cc1ccccc1Cl. The van der Waals surface area contributed by atoms with Gasteiger partial charge in [0, 0.05) is 22.6 Å². The molecule has 2 rings (SSSR count). The zero-order valence-corrected chi connectivity index (χ0v) is 18.6. The van der Waals surface area contributed by atoms with E-state index < -0.39 is 6.04 Å². The second-order valence-electron chi connectivity index (χ2n) is 7.16. The topological polar surface area (TPSA) is 49.4 Å². The standard InChI is InChI=1S/C23H28Cl2N2O2/c1-4-16(3)26-23(29)21(5-2)27(15-17-10-12-19(24)13-11-17)22(28)14-18-8-6-7-9-20(18)25/h6-13,16,21H,4-5,14-15H2,1-3H3,(H,26,29). The molecular weight excluding hydrogens is 407 g/mol. The van der Waals surface area contributed by atoms with Crippen LogP contribution < -0.4 is 5.32 Å². The van der Waals surface area contributed by atoms with E-state index in [9.17, 15) is 9.59 Å². The molecule has 0 aromatic heterocycles. The highest BCUT2D eigenvalue weighted by Crippen LogP contribution is 2.20. The number of carbonyl (C=O) groups excluding carboxylic acids is 2. The van der Waals surface area contributed by atoms with Crippen LogP contribution in [-0.2, 0) is 22.6 Å². The molecule has 6 heteroatoms. The van der Waals surface area contributed by atoms with Crippen LogP contribution in [0.3, 0.4) is 0 Å². The predicted molar refractivity (Wildman–Crippen MR) is 119 cm³/mol. The number of nitrogens with zero attached hydrogens (tertiary/aromatic N) is 1. The van der Waals surface area contributed by atoms with E-state index in [0.717, 1.165) is 17.5 Å². The summed E-state index contributed by atoms with van der Waals surface area (Å²) in [5, 5.41) is 4.18. The average molecular weight is 435 g/mol. The van der Waals surface area contributed by atoms with Crippen molar-refractivity contribution in [2.24, 2.45) is 0 Å². The summed E-state index contributed by atoms with van der Waals surface area (Å²) in [5.41, 5.74) is 1.66. The molecule has 2 aromatic carbocycles. The van der Waals surface area contributed by atoms with E-state index in [0.29, 0.717) is 23.0 Å². The normalized spacial score (nSPS) is 12.9. The number of hydrogen-bond acceptors (Lipinski definition) is 2. The molecule has 156 valence electrons. The van der Waals surface area contributed by atoms with E-state index in [1.807, 2.05) is 51.1 Å². The number of amides is 2. The molecule has 0 fully saturated rings. The summed E-state index contributed by atoms with van der Waals surface area (Å²) in [6.07, 6.45) is 1.48. The molecule has 0 saturated heterocycles. The fourth-order valence-corrected chi connectivity index (χ4v) is 3.38. The van der Waals surface area contributed by atoms with E-state index in [1.54, 1.807) is 23.1 Å². The van der Waals surface area contributed by atoms with Crippen molar-refractivity contribution in [3.8, 4) is 0 Å². The Kier molecular flexibility index (Phi) is 8.99. The van der Waals surface area contributed by atoms with Gasteiger partial charge >= 0.3 is 0 Å². The molecule has 0 radical (unpaired) electrons. The van der Waals surface area contributed by atoms with Crippen LogP contribution in [-0.4, -0.2) is 28.8 Å². The third kappa shape index (κ3) is 6.76. The highest BCUT2D eigenvalue weighted by molar-refractivity contribution is 6.31. The maximum atomic E-state index is 13.3. The highest BCUT2D eigenvalue weighted by Gasteiger charge is 2.29. The van der Waals surface area contributed by atoms with Gasteiger partial charge in [-0.05, 0) is 49.1 Å². The molecule has 0 spiro atoms. The molecule has 29 heavy (non-hydrogen) atoms. The third-order valence-electron chi connectivity index (χ3n) is 4.95. The Morgan fingerprint density at radius 2 is 1.66 bits per heavy atom. The lowest BCUT2D eigenvalue weighted by atomic mass is 10.1. The average Bonchev–Trinajstić information content (AvgIpc) is 2.70. The van der Waals surface area contributed by atoms with Gasteiger partial charge in [0.05, 0.1) is 6.42 Å². The minimum absolute atomic E-state index is 0.0487. The number of halogens is 2. The zero-order valence-electron chi connectivity index (χ0n) is 17.1. The maximum Gasteiger partial charge on any atom is 0.243 e. The molecular formula is C23H28Cl2N2O2. The molecule has 0 saturated carbocycles. The summed E-state index contributed by atoms with van der Waals surface area (Å²) in [4.78, 5) is 27.8. The number of nitrogens with one attached hydrogen (secondary N) is 1. The van der Waals surface area contributed by atoms with Crippen LogP contribution in [0.4, 0.5) is 0 Å². The van der Waals surface area contributed by atoms with Gasteiger partial charge in [-0.2, -0.15) is 0 Å². The van der Waals surface area contributed by atoms with Crippen molar-refractivity contribution in [1.29, 1.82) is 0 Å². The van der Waals surface area contributed by atoms with Crippen molar-refractivity contribution in [2.45, 2.75) is 58.7 Å². The zero-order chi connectivity index (χ0) is 21.4. The van der Waals surface area contributed by atoms with Crippen LogP contribution in [0.15, 0.2) is 48.5 Å². The van der Waals surface area contributed by atoms with Gasteiger partial charge in [0.25, 0.3) is 0 Å². The fraction of sp³-hybridized carbons (Fsp3) is 0.391. The van der Waals surface area contributed by atoms with Gasteiger partial charge in [-0.3, -0.25) is 9.59 Å². The quantitative estimate of drug-likeness (QED) is 0.584. The van der Waals surface area contributed by atoms with Gasteiger partial charge in [-0.15, -0.1) is 0 Å². The van der Waals surface area contributed by atoms with Crippen molar-refractivity contribution in [2.75, 3.05) is 0 Å². The summed E-state index contributed by atoms with van der Waals surface area (Å²) in [7, 11) is 0. The molecule has 4 nitrogen and oxygen atoms in total. The first kappa shape index (κ1) is 23.2. The monoisotopic (exact) mass is 434 g/mol. The molecule has 2 aromatic rings. The Morgan fingerprint density at radius 3 is 2.24 bits per heavy atom. The molecule has 0 bridgehead atoms. The number of rotatable bonds is 9. The first-order valence-electron chi connectivity index (χ1n) is 9.93. The van der Waals surface area contributed by atoms with Crippen LogP contribution in [0, 0.1) is 0 Å². The van der Waals surface area contributed by atoms with Gasteiger partial charge in [0.15, 0.2) is 0 Å². The first-order valence-corrected chi connectivity index (χ1v) is 10.7. The number of hydrogen-bond donors (Lipinski definition) is 1. The number of benzene rings is 2. The van der Waals surface area contributed by atoms with E-state index in [2.05, 4.69) is 5.32 Å². The summed E-state index contributed by atoms with van der Waals surface area (Å²) < 4.78 is 0. The van der Waals surface area contributed by atoms with Gasteiger partial charge in [-0.1, -0.05) is 67.4 Å². The van der Waals surface area contributed by atoms with Gasteiger partial charge in [0.1, 0.15) is 6.04 Å². The fourth-order valence-electron chi connectivity index (χ4n) is 3.05. The first-order chi connectivity index (χ1) is 13.8. The van der Waals surface area contributed by atoms with Crippen LogP contribution >= 0.6 is 23.2 Å². The van der Waals surface area contributed by atoms with Crippen molar-refractivity contribution >= 4 is 35.0 Å². The predicted octanol–water partition coefficient (Wildman–Crippen LogP) is 5.26. The molecule has 2 atom stereocenters. The largest absolute Gasteiger partial charge is 0.352 e. The Bertz CT molecular complexity index is 824. The van der Waals surface area contributed by atoms with Crippen molar-refractivity contribution in [1.82, 2.24) is 10.2 Å². The van der Waals surface area contributed by atoms with Crippen molar-refractivity contribution < 1.29 is 9.59 Å². The molecule has 0 aliphatic rings. The highest BCUT2D eigenvalue weighted by atomic mass is 35.5. The van der Waals surface area contributed by atoms with E-state index in [-0.39, 0.29) is 24.3 Å². The van der Waals surface area contributed by atoms with E-state index in [1.165, 1.54) is 0 Å². The molecule has 2 unspecified atom stereocenters. The third-order valence-corrected chi connectivity index (χ3v) is 5.57. The lowest BCUT2D eigenvalue weighted by Gasteiger charge is -2.31. The van der Waals surface area contributed by atoms with Gasteiger partial charge in [0.2, 0.25) is 11.8 Å². The van der Waals surface area contributed by atoms with Crippen LogP contribution in [0.5, 0.6) is 0 Å². The Balaban J connectivity index is 2.29. The Hall–Kier alpha value is -2.04. The molecule has 0 heterocycles. The van der Waals surface area contributed by atoms with Crippen molar-refractivity contribution in [3.63, 3.8) is 0 Å². The van der Waals surface area contributed by atoms with Gasteiger partial charge < -0.3 is 10.2 Å². The minimum atomic E-state index is -0.560. The van der Waals surface area contributed by atoms with Crippen LogP contribution in [0.25, 0.3) is 0 Å². The smallest absolute Gasteiger partial charge is 0.243 e. The van der Waals surface area contributed by atoms with E-state index >= 15 is 0 Å². The van der Waals surface area contributed by atoms with E-state index in [4.69, 9.17) is 23.2 Å². The van der Waals surface area contributed by atoms with Crippen LogP contribution in [0.1, 0.15) is 44.7 Å². The second-order valence-corrected chi connectivity index (χ2v) is 8.00. The summed E-state index contributed by atoms with van der Waals surface area (Å²) >= 11 is 12.2. The lowest BCUT2D eigenvalue weighted by molar-refractivity contribution is -0.141. The Morgan fingerprint density at radius 1 is 1.00 bits per heavy atom.